The Balaban J connectivity index is 1.46. The van der Waals surface area contributed by atoms with Gasteiger partial charge in [-0.1, -0.05) is 52.2 Å². The van der Waals surface area contributed by atoms with Crippen LogP contribution < -0.4 is 0 Å². The average molecular weight is 405 g/mol. The van der Waals surface area contributed by atoms with Crippen molar-refractivity contribution in [2.45, 2.75) is 104 Å². The lowest BCUT2D eigenvalue weighted by atomic mass is 9.47. The normalized spacial score (nSPS) is 46.3. The summed E-state index contributed by atoms with van der Waals surface area (Å²) in [4.78, 5) is 0. The molecule has 0 amide bonds. The zero-order valence-corrected chi connectivity index (χ0v) is 19.4. The van der Waals surface area contributed by atoms with Crippen molar-refractivity contribution in [3.05, 3.63) is 11.6 Å². The second-order valence-corrected chi connectivity index (χ2v) is 12.1. The summed E-state index contributed by atoms with van der Waals surface area (Å²) in [5.41, 5.74) is 2.46. The highest BCUT2D eigenvalue weighted by Gasteiger charge is 2.59. The second kappa shape index (κ2) is 8.29. The SMILES string of the molecule is CC(CF)CCC[C@@H](C)[C@H]1CC[C@H]2[C@@H]3CC=C4C[C@@H](O)CC[C@]4(C)[C@H]3CC[C@]12C. The van der Waals surface area contributed by atoms with Crippen molar-refractivity contribution in [1.29, 1.82) is 0 Å². The lowest BCUT2D eigenvalue weighted by Gasteiger charge is -2.58. The number of hydrogen-bond donors (Lipinski definition) is 1. The molecule has 1 nitrogen and oxygen atoms in total. The molecule has 29 heavy (non-hydrogen) atoms. The van der Waals surface area contributed by atoms with E-state index < -0.39 is 0 Å². The van der Waals surface area contributed by atoms with Gasteiger partial charge in [0.25, 0.3) is 0 Å². The molecule has 0 heterocycles. The van der Waals surface area contributed by atoms with Gasteiger partial charge in [0.1, 0.15) is 0 Å². The first-order chi connectivity index (χ1) is 13.8. The summed E-state index contributed by atoms with van der Waals surface area (Å²) < 4.78 is 12.8. The monoisotopic (exact) mass is 404 g/mol. The molecular formula is C27H45FO. The maximum absolute atomic E-state index is 12.8. The van der Waals surface area contributed by atoms with Gasteiger partial charge in [0.15, 0.2) is 0 Å². The van der Waals surface area contributed by atoms with Crippen LogP contribution in [-0.2, 0) is 0 Å². The first kappa shape index (κ1) is 21.8. The van der Waals surface area contributed by atoms with Crippen molar-refractivity contribution >= 4 is 0 Å². The van der Waals surface area contributed by atoms with Crippen LogP contribution >= 0.6 is 0 Å². The summed E-state index contributed by atoms with van der Waals surface area (Å²) in [6.45, 7) is 9.55. The van der Waals surface area contributed by atoms with E-state index >= 15 is 0 Å². The lowest BCUT2D eigenvalue weighted by molar-refractivity contribution is -0.0573. The second-order valence-electron chi connectivity index (χ2n) is 12.1. The number of hydrogen-bond acceptors (Lipinski definition) is 1. The largest absolute Gasteiger partial charge is 0.393 e. The average Bonchev–Trinajstić information content (AvgIpc) is 3.05. The van der Waals surface area contributed by atoms with Gasteiger partial charge < -0.3 is 5.11 Å². The van der Waals surface area contributed by atoms with E-state index in [-0.39, 0.29) is 18.7 Å². The Morgan fingerprint density at radius 1 is 1.07 bits per heavy atom. The molecule has 4 aliphatic rings. The summed E-state index contributed by atoms with van der Waals surface area (Å²) in [6.07, 6.45) is 16.0. The van der Waals surface area contributed by atoms with Crippen LogP contribution in [0.4, 0.5) is 4.39 Å². The highest BCUT2D eigenvalue weighted by Crippen LogP contribution is 2.67. The van der Waals surface area contributed by atoms with Gasteiger partial charge in [0.2, 0.25) is 0 Å². The number of allylic oxidation sites excluding steroid dienone is 1. The third kappa shape index (κ3) is 3.74. The minimum Gasteiger partial charge on any atom is -0.393 e. The molecule has 3 fully saturated rings. The minimum absolute atomic E-state index is 0.100. The van der Waals surface area contributed by atoms with Crippen LogP contribution in [0, 0.1) is 46.3 Å². The van der Waals surface area contributed by atoms with Crippen LogP contribution in [-0.4, -0.2) is 17.9 Å². The molecule has 4 aliphatic carbocycles. The lowest BCUT2D eigenvalue weighted by Crippen LogP contribution is -2.50. The topological polar surface area (TPSA) is 20.2 Å². The summed E-state index contributed by atoms with van der Waals surface area (Å²) in [5.74, 6) is 4.47. The molecule has 2 heteroatoms. The fourth-order valence-electron chi connectivity index (χ4n) is 8.68. The standard InChI is InChI=1S/C27H45FO/c1-18(17-28)6-5-7-19(2)23-10-11-24-22-9-8-20-16-21(29)12-14-26(20,3)25(22)13-15-27(23,24)4/h8,18-19,21-25,29H,5-7,9-17H2,1-4H3/t18?,19-,21+,22+,23-,24+,25+,26+,27-/m1/s1. The highest BCUT2D eigenvalue weighted by molar-refractivity contribution is 5.25. The predicted octanol–water partition coefficient (Wildman–Crippen LogP) is 7.34. The van der Waals surface area contributed by atoms with Gasteiger partial charge in [0, 0.05) is 0 Å². The molecule has 1 unspecified atom stereocenters. The smallest absolute Gasteiger partial charge is 0.0919 e. The zero-order valence-electron chi connectivity index (χ0n) is 19.4. The van der Waals surface area contributed by atoms with Crippen LogP contribution in [0.5, 0.6) is 0 Å². The predicted molar refractivity (Wildman–Crippen MR) is 119 cm³/mol. The Labute approximate surface area is 178 Å². The van der Waals surface area contributed by atoms with E-state index in [1.165, 1.54) is 51.4 Å². The molecule has 0 aliphatic heterocycles. The quantitative estimate of drug-likeness (QED) is 0.459. The number of fused-ring (bicyclic) bond motifs is 5. The van der Waals surface area contributed by atoms with Gasteiger partial charge >= 0.3 is 0 Å². The molecule has 166 valence electrons. The molecule has 0 saturated heterocycles. The van der Waals surface area contributed by atoms with E-state index in [0.29, 0.717) is 10.8 Å². The number of rotatable bonds is 6. The van der Waals surface area contributed by atoms with Crippen LogP contribution in [0.1, 0.15) is 98.3 Å². The highest BCUT2D eigenvalue weighted by atomic mass is 19.1. The Kier molecular flexibility index (Phi) is 6.24. The van der Waals surface area contributed by atoms with E-state index in [9.17, 15) is 9.50 Å². The summed E-state index contributed by atoms with van der Waals surface area (Å²) in [7, 11) is 0. The first-order valence-corrected chi connectivity index (χ1v) is 12.7. The van der Waals surface area contributed by atoms with Crippen molar-refractivity contribution in [3.8, 4) is 0 Å². The molecule has 3 saturated carbocycles. The molecule has 4 rings (SSSR count). The summed E-state index contributed by atoms with van der Waals surface area (Å²) in [5, 5.41) is 10.2. The molecule has 0 aromatic carbocycles. The van der Waals surface area contributed by atoms with E-state index in [2.05, 4.69) is 33.8 Å². The number of aliphatic hydroxyl groups is 1. The Morgan fingerprint density at radius 3 is 2.62 bits per heavy atom. The van der Waals surface area contributed by atoms with Crippen molar-refractivity contribution in [1.82, 2.24) is 0 Å². The molecule has 0 aromatic rings. The Hall–Kier alpha value is -0.370. The van der Waals surface area contributed by atoms with Crippen LogP contribution in [0.3, 0.4) is 0 Å². The van der Waals surface area contributed by atoms with Crippen LogP contribution in [0.2, 0.25) is 0 Å². The maximum atomic E-state index is 12.8. The van der Waals surface area contributed by atoms with Crippen molar-refractivity contribution in [2.24, 2.45) is 46.3 Å². The first-order valence-electron chi connectivity index (χ1n) is 12.7. The number of alkyl halides is 1. The minimum atomic E-state index is -0.161. The molecule has 9 atom stereocenters. The van der Waals surface area contributed by atoms with E-state index in [1.807, 2.05) is 0 Å². The molecule has 0 radical (unpaired) electrons. The molecular weight excluding hydrogens is 359 g/mol. The Morgan fingerprint density at radius 2 is 1.86 bits per heavy atom. The number of halogens is 1. The third-order valence-electron chi connectivity index (χ3n) is 10.5. The van der Waals surface area contributed by atoms with Crippen molar-refractivity contribution in [3.63, 3.8) is 0 Å². The van der Waals surface area contributed by atoms with Crippen LogP contribution in [0.25, 0.3) is 0 Å². The van der Waals surface area contributed by atoms with E-state index in [4.69, 9.17) is 0 Å². The van der Waals surface area contributed by atoms with Crippen LogP contribution in [0.15, 0.2) is 11.6 Å². The van der Waals surface area contributed by atoms with Crippen molar-refractivity contribution < 1.29 is 9.50 Å². The molecule has 0 aromatic heterocycles. The fourth-order valence-corrected chi connectivity index (χ4v) is 8.68. The van der Waals surface area contributed by atoms with Gasteiger partial charge in [-0.05, 0) is 104 Å². The maximum Gasteiger partial charge on any atom is 0.0919 e. The molecule has 1 N–H and O–H groups in total. The molecule has 0 spiro atoms. The third-order valence-corrected chi connectivity index (χ3v) is 10.5. The van der Waals surface area contributed by atoms with Gasteiger partial charge in [-0.15, -0.1) is 0 Å². The summed E-state index contributed by atoms with van der Waals surface area (Å²) in [6, 6.07) is 0. The van der Waals surface area contributed by atoms with E-state index in [1.54, 1.807) is 5.57 Å². The fraction of sp³-hybridized carbons (Fsp3) is 0.926. The Bertz CT molecular complexity index is 614. The zero-order chi connectivity index (χ0) is 20.8. The van der Waals surface area contributed by atoms with Gasteiger partial charge in [0.05, 0.1) is 12.8 Å². The number of aliphatic hydroxyl groups excluding tert-OH is 1. The van der Waals surface area contributed by atoms with Gasteiger partial charge in [-0.2, -0.15) is 0 Å². The van der Waals surface area contributed by atoms with Crippen molar-refractivity contribution in [2.75, 3.05) is 6.67 Å². The van der Waals surface area contributed by atoms with Gasteiger partial charge in [-0.25, -0.2) is 0 Å². The van der Waals surface area contributed by atoms with Gasteiger partial charge in [-0.3, -0.25) is 4.39 Å². The van der Waals surface area contributed by atoms with E-state index in [0.717, 1.165) is 48.9 Å². The molecule has 0 bridgehead atoms. The summed E-state index contributed by atoms with van der Waals surface area (Å²) >= 11 is 0.